The molecule has 0 saturated carbocycles. The second kappa shape index (κ2) is 6.67. The molecule has 2 unspecified atom stereocenters. The van der Waals surface area contributed by atoms with Gasteiger partial charge in [-0.25, -0.2) is 0 Å². The van der Waals surface area contributed by atoms with Crippen molar-refractivity contribution in [3.05, 3.63) is 65.2 Å². The number of hydrogen-bond acceptors (Lipinski definition) is 2. The number of thioether (sulfide) groups is 1. The fraction of sp³-hybridized carbons (Fsp3) is 0.368. The first-order valence-electron chi connectivity index (χ1n) is 7.64. The van der Waals surface area contributed by atoms with E-state index in [-0.39, 0.29) is 6.61 Å². The molecular formula is C19H22OS. The van der Waals surface area contributed by atoms with E-state index in [1.165, 1.54) is 21.6 Å². The van der Waals surface area contributed by atoms with E-state index in [1.807, 2.05) is 11.8 Å². The van der Waals surface area contributed by atoms with Gasteiger partial charge in [-0.3, -0.25) is 0 Å². The lowest BCUT2D eigenvalue weighted by atomic mass is 9.87. The van der Waals surface area contributed by atoms with Gasteiger partial charge in [-0.2, -0.15) is 0 Å². The molecule has 1 heterocycles. The third-order valence-corrected chi connectivity index (χ3v) is 5.53. The Hall–Kier alpha value is -1.25. The second-order valence-electron chi connectivity index (χ2n) is 6.02. The first-order valence-corrected chi connectivity index (χ1v) is 8.63. The zero-order chi connectivity index (χ0) is 14.7. The first-order chi connectivity index (χ1) is 10.3. The van der Waals surface area contributed by atoms with Crippen LogP contribution in [-0.2, 0) is 6.42 Å². The van der Waals surface area contributed by atoms with Crippen molar-refractivity contribution in [2.45, 2.75) is 30.6 Å². The molecule has 1 aliphatic rings. The van der Waals surface area contributed by atoms with Gasteiger partial charge in [-0.1, -0.05) is 48.0 Å². The minimum Gasteiger partial charge on any atom is -0.396 e. The van der Waals surface area contributed by atoms with Crippen LogP contribution in [0.15, 0.2) is 53.4 Å². The molecule has 2 aromatic carbocycles. The Kier molecular flexibility index (Phi) is 4.67. The molecule has 2 heteroatoms. The fourth-order valence-corrected chi connectivity index (χ4v) is 4.49. The van der Waals surface area contributed by atoms with E-state index in [0.29, 0.717) is 11.8 Å². The summed E-state index contributed by atoms with van der Waals surface area (Å²) >= 11 is 1.96. The smallest absolute Gasteiger partial charge is 0.0462 e. The van der Waals surface area contributed by atoms with Crippen molar-refractivity contribution >= 4 is 11.8 Å². The number of hydrogen-bond donors (Lipinski definition) is 1. The van der Waals surface area contributed by atoms with Crippen LogP contribution >= 0.6 is 11.8 Å². The maximum absolute atomic E-state index is 9.76. The van der Waals surface area contributed by atoms with E-state index in [1.54, 1.807) is 0 Å². The molecule has 0 aliphatic carbocycles. The maximum Gasteiger partial charge on any atom is 0.0462 e. The van der Waals surface area contributed by atoms with Crippen molar-refractivity contribution in [3.63, 3.8) is 0 Å². The van der Waals surface area contributed by atoms with Crippen LogP contribution in [0.25, 0.3) is 0 Å². The second-order valence-corrected chi connectivity index (χ2v) is 7.09. The van der Waals surface area contributed by atoms with Gasteiger partial charge in [-0.15, -0.1) is 11.8 Å². The summed E-state index contributed by atoms with van der Waals surface area (Å²) in [5.41, 5.74) is 4.11. The van der Waals surface area contributed by atoms with E-state index >= 15 is 0 Å². The van der Waals surface area contributed by atoms with Gasteiger partial charge in [0.25, 0.3) is 0 Å². The molecule has 21 heavy (non-hydrogen) atoms. The van der Waals surface area contributed by atoms with Crippen molar-refractivity contribution < 1.29 is 5.11 Å². The van der Waals surface area contributed by atoms with Crippen LogP contribution in [0.1, 0.15) is 29.0 Å². The zero-order valence-electron chi connectivity index (χ0n) is 12.5. The largest absolute Gasteiger partial charge is 0.396 e. The Labute approximate surface area is 131 Å². The van der Waals surface area contributed by atoms with Gasteiger partial charge in [0.1, 0.15) is 0 Å². The molecule has 3 rings (SSSR count). The van der Waals surface area contributed by atoms with Gasteiger partial charge in [0.15, 0.2) is 0 Å². The van der Waals surface area contributed by atoms with Crippen LogP contribution in [-0.4, -0.2) is 17.5 Å². The Morgan fingerprint density at radius 1 is 1.19 bits per heavy atom. The Balaban J connectivity index is 1.68. The van der Waals surface area contributed by atoms with E-state index in [2.05, 4.69) is 55.5 Å². The molecule has 0 bridgehead atoms. The predicted octanol–water partition coefficient (Wildman–Crippen LogP) is 4.43. The summed E-state index contributed by atoms with van der Waals surface area (Å²) in [7, 11) is 0. The topological polar surface area (TPSA) is 20.2 Å². The number of fused-ring (bicyclic) bond motifs is 1. The molecule has 2 atom stereocenters. The lowest BCUT2D eigenvalue weighted by Gasteiger charge is -2.19. The minimum atomic E-state index is 0.275. The van der Waals surface area contributed by atoms with Gasteiger partial charge in [0.05, 0.1) is 0 Å². The van der Waals surface area contributed by atoms with Gasteiger partial charge in [0.2, 0.25) is 0 Å². The summed E-state index contributed by atoms with van der Waals surface area (Å²) in [6.07, 6.45) is 2.05. The quantitative estimate of drug-likeness (QED) is 0.881. The highest BCUT2D eigenvalue weighted by atomic mass is 32.2. The van der Waals surface area contributed by atoms with Crippen molar-refractivity contribution in [3.8, 4) is 0 Å². The zero-order valence-corrected chi connectivity index (χ0v) is 13.3. The lowest BCUT2D eigenvalue weighted by Crippen LogP contribution is -2.14. The molecule has 0 spiro atoms. The Bertz CT molecular complexity index is 608. The Morgan fingerprint density at radius 3 is 2.86 bits per heavy atom. The molecule has 1 N–H and O–H groups in total. The average Bonchev–Trinajstić information content (AvgIpc) is 2.90. The molecule has 0 saturated heterocycles. The van der Waals surface area contributed by atoms with E-state index in [4.69, 9.17) is 0 Å². The fourth-order valence-electron chi connectivity index (χ4n) is 3.22. The molecule has 1 aliphatic heterocycles. The van der Waals surface area contributed by atoms with E-state index in [9.17, 15) is 5.11 Å². The molecular weight excluding hydrogens is 276 g/mol. The third-order valence-electron chi connectivity index (χ3n) is 4.28. The Morgan fingerprint density at radius 2 is 2.05 bits per heavy atom. The predicted molar refractivity (Wildman–Crippen MR) is 90.0 cm³/mol. The van der Waals surface area contributed by atoms with Crippen LogP contribution in [0.2, 0.25) is 0 Å². The molecule has 2 aromatic rings. The van der Waals surface area contributed by atoms with Crippen LogP contribution in [0, 0.1) is 12.8 Å². The summed E-state index contributed by atoms with van der Waals surface area (Å²) in [5, 5.41) is 9.76. The minimum absolute atomic E-state index is 0.275. The number of benzene rings is 2. The van der Waals surface area contributed by atoms with Crippen LogP contribution < -0.4 is 0 Å². The standard InChI is InChI=1S/C19H22OS/c1-14-5-4-6-15(9-14)10-16(12-20)11-17-13-21-19-8-3-2-7-18(17)19/h2-9,16-17,20H,10-13H2,1H3. The molecule has 0 radical (unpaired) electrons. The van der Waals surface area contributed by atoms with Crippen molar-refractivity contribution in [2.75, 3.05) is 12.4 Å². The monoisotopic (exact) mass is 298 g/mol. The van der Waals surface area contributed by atoms with Crippen LogP contribution in [0.5, 0.6) is 0 Å². The number of aliphatic hydroxyl groups is 1. The highest BCUT2D eigenvalue weighted by molar-refractivity contribution is 7.99. The van der Waals surface area contributed by atoms with E-state index < -0.39 is 0 Å². The summed E-state index contributed by atoms with van der Waals surface area (Å²) in [6, 6.07) is 17.4. The first kappa shape index (κ1) is 14.7. The highest BCUT2D eigenvalue weighted by Crippen LogP contribution is 2.42. The molecule has 0 fully saturated rings. The van der Waals surface area contributed by atoms with Gasteiger partial charge < -0.3 is 5.11 Å². The number of aliphatic hydroxyl groups excluding tert-OH is 1. The highest BCUT2D eigenvalue weighted by Gasteiger charge is 2.25. The van der Waals surface area contributed by atoms with Crippen LogP contribution in [0.3, 0.4) is 0 Å². The van der Waals surface area contributed by atoms with Gasteiger partial charge in [-0.05, 0) is 48.8 Å². The molecule has 1 nitrogen and oxygen atoms in total. The van der Waals surface area contributed by atoms with E-state index in [0.717, 1.165) is 18.6 Å². The lowest BCUT2D eigenvalue weighted by molar-refractivity contribution is 0.212. The maximum atomic E-state index is 9.76. The summed E-state index contributed by atoms with van der Waals surface area (Å²) in [4.78, 5) is 1.43. The van der Waals surface area contributed by atoms with Gasteiger partial charge >= 0.3 is 0 Å². The summed E-state index contributed by atoms with van der Waals surface area (Å²) in [6.45, 7) is 2.40. The molecule has 0 aromatic heterocycles. The normalized spacial score (nSPS) is 18.5. The van der Waals surface area contributed by atoms with Crippen molar-refractivity contribution in [1.29, 1.82) is 0 Å². The number of aryl methyl sites for hydroxylation is 1. The SMILES string of the molecule is Cc1cccc(CC(CO)CC2CSc3ccccc32)c1. The third kappa shape index (κ3) is 3.50. The molecule has 0 amide bonds. The average molecular weight is 298 g/mol. The van der Waals surface area contributed by atoms with Crippen LogP contribution in [0.4, 0.5) is 0 Å². The molecule has 110 valence electrons. The van der Waals surface area contributed by atoms with Gasteiger partial charge in [0, 0.05) is 17.3 Å². The summed E-state index contributed by atoms with van der Waals surface area (Å²) < 4.78 is 0. The summed E-state index contributed by atoms with van der Waals surface area (Å²) in [5.74, 6) is 2.10. The number of rotatable bonds is 5. The van der Waals surface area contributed by atoms with Crippen molar-refractivity contribution in [2.24, 2.45) is 5.92 Å². The van der Waals surface area contributed by atoms with Crippen molar-refractivity contribution in [1.82, 2.24) is 0 Å².